The Labute approximate surface area is 236 Å². The predicted molar refractivity (Wildman–Crippen MR) is 146 cm³/mol. The summed E-state index contributed by atoms with van der Waals surface area (Å²) in [5, 5.41) is 72.5. The third-order valence-corrected chi connectivity index (χ3v) is 5.71. The van der Waals surface area contributed by atoms with Crippen LogP contribution in [-0.4, -0.2) is 41.9 Å². The number of non-ortho nitro benzene ring substituents is 3. The highest BCUT2D eigenvalue weighted by Crippen LogP contribution is 2.33. The lowest BCUT2D eigenvalue weighted by Crippen LogP contribution is -2.20. The van der Waals surface area contributed by atoms with Crippen LogP contribution in [0.3, 0.4) is 0 Å². The van der Waals surface area contributed by atoms with E-state index in [0.717, 1.165) is 36.4 Å². The Kier molecular flexibility index (Phi) is 7.89. The minimum absolute atomic E-state index is 0.223. The summed E-state index contributed by atoms with van der Waals surface area (Å²) in [6.45, 7) is 0. The zero-order valence-electron chi connectivity index (χ0n) is 21.0. The van der Waals surface area contributed by atoms with Crippen LogP contribution in [0.2, 0.25) is 0 Å². The Morgan fingerprint density at radius 3 is 1.51 bits per heavy atom. The molecule has 0 aromatic heterocycles. The summed E-state index contributed by atoms with van der Waals surface area (Å²) in [5.41, 5.74) is 0.833. The van der Waals surface area contributed by atoms with Gasteiger partial charge in [0.25, 0.3) is 17.1 Å². The van der Waals surface area contributed by atoms with Crippen molar-refractivity contribution < 1.29 is 29.4 Å². The summed E-state index contributed by atoms with van der Waals surface area (Å²) in [7, 11) is 0. The van der Waals surface area contributed by atoms with E-state index in [1.165, 1.54) is 12.1 Å². The van der Waals surface area contributed by atoms with Gasteiger partial charge in [-0.1, -0.05) is 0 Å². The fraction of sp³-hybridized carbons (Fsp3) is 0.0455. The van der Waals surface area contributed by atoms with Crippen LogP contribution in [0, 0.1) is 56.0 Å². The van der Waals surface area contributed by atoms with Crippen molar-refractivity contribution in [2.75, 3.05) is 10.9 Å². The zero-order valence-corrected chi connectivity index (χ0v) is 21.0. The lowest BCUT2D eigenvalue weighted by molar-refractivity contribution is -0.393. The first kappa shape index (κ1) is 29.1. The first-order valence-electron chi connectivity index (χ1n) is 11.4. The highest BCUT2D eigenvalue weighted by molar-refractivity contribution is 6.69. The van der Waals surface area contributed by atoms with E-state index < -0.39 is 59.4 Å². The maximum atomic E-state index is 11.5. The second kappa shape index (κ2) is 11.7. The lowest BCUT2D eigenvalue weighted by Gasteiger charge is -2.11. The molecule has 1 saturated heterocycles. The van der Waals surface area contributed by atoms with Crippen LogP contribution in [0.25, 0.3) is 0 Å². The van der Waals surface area contributed by atoms with Gasteiger partial charge in [-0.15, -0.1) is 0 Å². The Balaban J connectivity index is 1.78. The number of hydrogen-bond acceptors (Lipinski definition) is 16. The van der Waals surface area contributed by atoms with Gasteiger partial charge in [0, 0.05) is 24.3 Å². The quantitative estimate of drug-likeness (QED) is 0.219. The molecule has 1 aliphatic rings. The average molecular weight is 594 g/mol. The largest absolute Gasteiger partial charge is 0.461 e. The first-order chi connectivity index (χ1) is 20.4. The van der Waals surface area contributed by atoms with Crippen molar-refractivity contribution in [1.82, 2.24) is 0 Å². The van der Waals surface area contributed by atoms with Gasteiger partial charge < -0.3 is 4.74 Å². The number of nitrogens with zero attached hydrogens (tertiary/aromatic N) is 7. The molecule has 0 bridgehead atoms. The van der Waals surface area contributed by atoms with Gasteiger partial charge in [-0.2, -0.15) is 10.2 Å². The fourth-order valence-electron chi connectivity index (χ4n) is 3.68. The molecule has 0 spiro atoms. The summed E-state index contributed by atoms with van der Waals surface area (Å²) >= 11 is 0. The van der Waals surface area contributed by atoms with E-state index in [0.29, 0.717) is 12.1 Å². The molecule has 0 unspecified atom stereocenters. The number of nitro benzene ring substituents is 5. The Morgan fingerprint density at radius 1 is 0.628 bits per heavy atom. The molecule has 1 fully saturated rings. The molecule has 0 aliphatic carbocycles. The predicted octanol–water partition coefficient (Wildman–Crippen LogP) is 4.21. The standard InChI is InChI=1S/C22H14N10O11/c23-22-20(27-25-16-8-6-14(30(37)38)10-18(16)32(41)42)19(21(43-22)11-1-3-12(4-2-11)28(33)34)26-24-15-7-5-13(29(35)36)9-17(15)31(39)40/h1-10,21,23-25H/b23-22?,26-19+,27-20+/t21-/m0/s1. The third-order valence-electron chi connectivity index (χ3n) is 5.71. The number of hydrogen-bond donors (Lipinski definition) is 3. The normalized spacial score (nSPS) is 16.0. The van der Waals surface area contributed by atoms with Crippen molar-refractivity contribution in [3.05, 3.63) is 117 Å². The third kappa shape index (κ3) is 6.13. The van der Waals surface area contributed by atoms with E-state index in [1.807, 2.05) is 0 Å². The van der Waals surface area contributed by atoms with Crippen LogP contribution in [0.15, 0.2) is 70.9 Å². The maximum absolute atomic E-state index is 11.5. The van der Waals surface area contributed by atoms with Gasteiger partial charge in [0.1, 0.15) is 17.1 Å². The summed E-state index contributed by atoms with van der Waals surface area (Å²) in [6.07, 6.45) is -1.27. The van der Waals surface area contributed by atoms with Crippen molar-refractivity contribution in [1.29, 1.82) is 5.41 Å². The molecule has 3 aromatic rings. The Hall–Kier alpha value is -6.93. The molecule has 43 heavy (non-hydrogen) atoms. The highest BCUT2D eigenvalue weighted by Gasteiger charge is 2.38. The van der Waals surface area contributed by atoms with E-state index >= 15 is 0 Å². The molecule has 4 rings (SSSR count). The van der Waals surface area contributed by atoms with E-state index in [4.69, 9.17) is 10.1 Å². The molecular formula is C22H14N10O11. The van der Waals surface area contributed by atoms with Crippen molar-refractivity contribution in [2.24, 2.45) is 10.2 Å². The Bertz CT molecular complexity index is 1770. The van der Waals surface area contributed by atoms with Crippen LogP contribution >= 0.6 is 0 Å². The van der Waals surface area contributed by atoms with Gasteiger partial charge in [0.15, 0.2) is 11.8 Å². The average Bonchev–Trinajstić information content (AvgIpc) is 3.29. The van der Waals surface area contributed by atoms with Gasteiger partial charge in [-0.05, 0) is 29.8 Å². The number of anilines is 2. The summed E-state index contributed by atoms with van der Waals surface area (Å²) < 4.78 is 5.53. The minimum Gasteiger partial charge on any atom is -0.461 e. The van der Waals surface area contributed by atoms with Gasteiger partial charge in [-0.3, -0.25) is 66.8 Å². The van der Waals surface area contributed by atoms with Gasteiger partial charge >= 0.3 is 11.4 Å². The van der Waals surface area contributed by atoms with Crippen LogP contribution in [0.5, 0.6) is 0 Å². The van der Waals surface area contributed by atoms with Crippen LogP contribution in [0.4, 0.5) is 39.8 Å². The zero-order chi connectivity index (χ0) is 31.4. The molecule has 3 aromatic carbocycles. The first-order valence-corrected chi connectivity index (χ1v) is 11.4. The molecule has 21 nitrogen and oxygen atoms in total. The Morgan fingerprint density at radius 2 is 1.07 bits per heavy atom. The van der Waals surface area contributed by atoms with Crippen LogP contribution < -0.4 is 10.9 Å². The van der Waals surface area contributed by atoms with Gasteiger partial charge in [0.2, 0.25) is 5.90 Å². The summed E-state index contributed by atoms with van der Waals surface area (Å²) in [6, 6.07) is 10.2. The molecule has 21 heteroatoms. The monoisotopic (exact) mass is 594 g/mol. The number of hydrazone groups is 2. The summed E-state index contributed by atoms with van der Waals surface area (Å²) in [4.78, 5) is 52.1. The van der Waals surface area contributed by atoms with Crippen molar-refractivity contribution in [3.8, 4) is 0 Å². The van der Waals surface area contributed by atoms with Gasteiger partial charge in [-0.25, -0.2) is 0 Å². The van der Waals surface area contributed by atoms with Crippen molar-refractivity contribution in [2.45, 2.75) is 6.10 Å². The molecule has 0 saturated carbocycles. The van der Waals surface area contributed by atoms with Gasteiger partial charge in [0.05, 0.1) is 36.7 Å². The lowest BCUT2D eigenvalue weighted by atomic mass is 10.0. The maximum Gasteiger partial charge on any atom is 0.301 e. The highest BCUT2D eigenvalue weighted by atomic mass is 16.6. The smallest absolute Gasteiger partial charge is 0.301 e. The molecule has 0 radical (unpaired) electrons. The second-order valence-corrected chi connectivity index (χ2v) is 8.29. The molecule has 1 aliphatic heterocycles. The SMILES string of the molecule is N=C1O[C@@H](c2ccc([N+](=O)[O-])cc2)C(=N/Nc2ccc([N+](=O)[O-])cc2[N+](=O)[O-])/C1=N\Nc1ccc([N+](=O)[O-])cc1[N+](=O)[O-]. The molecule has 1 heterocycles. The van der Waals surface area contributed by atoms with E-state index in [2.05, 4.69) is 21.1 Å². The fourth-order valence-corrected chi connectivity index (χ4v) is 3.68. The van der Waals surface area contributed by atoms with Crippen LogP contribution in [0.1, 0.15) is 11.7 Å². The number of benzene rings is 3. The molecule has 1 atom stereocenters. The van der Waals surface area contributed by atoms with E-state index in [1.54, 1.807) is 0 Å². The number of nitro groups is 5. The van der Waals surface area contributed by atoms with E-state index in [-0.39, 0.29) is 34.0 Å². The van der Waals surface area contributed by atoms with E-state index in [9.17, 15) is 50.6 Å². The second-order valence-electron chi connectivity index (χ2n) is 8.29. The van der Waals surface area contributed by atoms with Crippen molar-refractivity contribution >= 4 is 57.1 Å². The molecular weight excluding hydrogens is 580 g/mol. The topological polar surface area (TPSA) is 298 Å². The number of rotatable bonds is 10. The molecule has 218 valence electrons. The number of ether oxygens (including phenoxy) is 1. The number of nitrogens with one attached hydrogen (secondary N) is 3. The van der Waals surface area contributed by atoms with Crippen LogP contribution in [-0.2, 0) is 4.74 Å². The molecule has 0 amide bonds. The van der Waals surface area contributed by atoms with Crippen molar-refractivity contribution in [3.63, 3.8) is 0 Å². The molecule has 3 N–H and O–H groups in total. The minimum atomic E-state index is -1.27. The summed E-state index contributed by atoms with van der Waals surface area (Å²) in [5.74, 6) is -0.640.